The SMILES string of the molecule is NNc1ccc(C(=O)NC(CCC(=O)O)C(=O)NCC2CCC(C(=O)NC(Cc3ccc4ccccc4c3)C(=O)NCCCCC(NC(=O)NC(CCC(=O)O)C(=O)O)C(=O)O)CC2)cn1. The van der Waals surface area contributed by atoms with E-state index in [1.165, 1.54) is 18.3 Å². The molecule has 3 aromatic rings. The van der Waals surface area contributed by atoms with E-state index in [0.717, 1.165) is 16.3 Å². The van der Waals surface area contributed by atoms with Gasteiger partial charge in [-0.15, -0.1) is 0 Å². The van der Waals surface area contributed by atoms with Crippen LogP contribution < -0.4 is 43.2 Å². The second-order valence-corrected chi connectivity index (χ2v) is 16.1. The number of amides is 6. The molecule has 0 bridgehead atoms. The number of nitrogens with zero attached hydrogens (tertiary/aromatic N) is 1. The Labute approximate surface area is 379 Å². The first kappa shape index (κ1) is 51.3. The number of carboxylic acid groups (broad SMARTS) is 4. The molecule has 0 radical (unpaired) electrons. The van der Waals surface area contributed by atoms with Gasteiger partial charge in [0.05, 0.1) is 5.56 Å². The van der Waals surface area contributed by atoms with Crippen LogP contribution in [0.1, 0.15) is 86.6 Å². The van der Waals surface area contributed by atoms with Gasteiger partial charge in [0.2, 0.25) is 17.7 Å². The largest absolute Gasteiger partial charge is 0.481 e. The number of anilines is 1. The van der Waals surface area contributed by atoms with Crippen molar-refractivity contribution in [1.82, 2.24) is 36.9 Å². The normalized spacial score (nSPS) is 16.3. The number of rotatable bonds is 26. The summed E-state index contributed by atoms with van der Waals surface area (Å²) in [6, 6.07) is 10.2. The number of nitrogen functional groups attached to an aromatic ring is 1. The quantitative estimate of drug-likeness (QED) is 0.0308. The Morgan fingerprint density at radius 3 is 1.88 bits per heavy atom. The number of benzene rings is 2. The summed E-state index contributed by atoms with van der Waals surface area (Å²) in [5.74, 6) is -2.02. The van der Waals surface area contributed by atoms with Gasteiger partial charge in [0.1, 0.15) is 30.0 Å². The van der Waals surface area contributed by atoms with Gasteiger partial charge in [-0.3, -0.25) is 28.8 Å². The lowest BCUT2D eigenvalue weighted by molar-refractivity contribution is -0.141. The van der Waals surface area contributed by atoms with Crippen LogP contribution in [0.2, 0.25) is 0 Å². The number of nitrogens with one attached hydrogen (secondary N) is 7. The van der Waals surface area contributed by atoms with E-state index in [1.807, 2.05) is 42.5 Å². The molecule has 2 aromatic carbocycles. The van der Waals surface area contributed by atoms with Crippen molar-refractivity contribution in [3.05, 3.63) is 71.9 Å². The van der Waals surface area contributed by atoms with Crippen molar-refractivity contribution in [2.75, 3.05) is 18.5 Å². The average molecular weight is 920 g/mol. The fourth-order valence-corrected chi connectivity index (χ4v) is 7.44. The Hall–Kier alpha value is -7.36. The zero-order valence-corrected chi connectivity index (χ0v) is 36.1. The molecular weight excluding hydrogens is 863 g/mol. The monoisotopic (exact) mass is 919 g/mol. The molecule has 1 aliphatic rings. The van der Waals surface area contributed by atoms with Gasteiger partial charge in [-0.1, -0.05) is 42.5 Å². The number of carboxylic acids is 4. The molecule has 1 fully saturated rings. The fourth-order valence-electron chi connectivity index (χ4n) is 7.44. The molecule has 66 heavy (non-hydrogen) atoms. The number of unbranched alkanes of at least 4 members (excludes halogenated alkanes) is 1. The topological polar surface area (TPSA) is 358 Å². The highest BCUT2D eigenvalue weighted by atomic mass is 16.4. The molecule has 356 valence electrons. The first-order valence-corrected chi connectivity index (χ1v) is 21.6. The molecule has 4 atom stereocenters. The molecule has 22 nitrogen and oxygen atoms in total. The van der Waals surface area contributed by atoms with Crippen molar-refractivity contribution >= 4 is 70.1 Å². The lowest BCUT2D eigenvalue weighted by atomic mass is 9.81. The number of urea groups is 1. The average Bonchev–Trinajstić information content (AvgIpc) is 3.29. The smallest absolute Gasteiger partial charge is 0.326 e. The number of nitrogens with two attached hydrogens (primary N) is 1. The van der Waals surface area contributed by atoms with Crippen molar-refractivity contribution in [1.29, 1.82) is 0 Å². The summed E-state index contributed by atoms with van der Waals surface area (Å²) in [6.45, 7) is 0.334. The molecule has 1 heterocycles. The third-order valence-electron chi connectivity index (χ3n) is 11.2. The van der Waals surface area contributed by atoms with Crippen molar-refractivity contribution in [2.45, 2.75) is 101 Å². The third-order valence-corrected chi connectivity index (χ3v) is 11.2. The first-order valence-electron chi connectivity index (χ1n) is 21.6. The molecule has 4 unspecified atom stereocenters. The minimum atomic E-state index is -1.55. The van der Waals surface area contributed by atoms with Gasteiger partial charge in [0.15, 0.2) is 0 Å². The van der Waals surface area contributed by atoms with E-state index in [1.54, 1.807) is 0 Å². The minimum Gasteiger partial charge on any atom is -0.481 e. The number of fused-ring (bicyclic) bond motifs is 1. The molecule has 4 rings (SSSR count). The molecule has 0 aliphatic heterocycles. The molecule has 1 saturated carbocycles. The Morgan fingerprint density at radius 2 is 1.27 bits per heavy atom. The number of hydrogen-bond acceptors (Lipinski definition) is 12. The Bertz CT molecular complexity index is 2200. The number of carbonyl (C=O) groups is 9. The second kappa shape index (κ2) is 25.8. The van der Waals surface area contributed by atoms with Crippen LogP contribution in [0.15, 0.2) is 60.8 Å². The second-order valence-electron chi connectivity index (χ2n) is 16.1. The highest BCUT2D eigenvalue weighted by Crippen LogP contribution is 2.29. The van der Waals surface area contributed by atoms with E-state index in [2.05, 4.69) is 42.3 Å². The minimum absolute atomic E-state index is 0.0122. The lowest BCUT2D eigenvalue weighted by Crippen LogP contribution is -2.51. The molecule has 0 saturated heterocycles. The van der Waals surface area contributed by atoms with Crippen LogP contribution in [0.25, 0.3) is 10.8 Å². The summed E-state index contributed by atoms with van der Waals surface area (Å²) in [5, 5.41) is 54.4. The molecule has 1 aromatic heterocycles. The van der Waals surface area contributed by atoms with Crippen LogP contribution in [0.4, 0.5) is 10.6 Å². The molecule has 6 amide bonds. The van der Waals surface area contributed by atoms with Crippen molar-refractivity contribution < 1.29 is 63.6 Å². The predicted molar refractivity (Wildman–Crippen MR) is 236 cm³/mol. The first-order chi connectivity index (χ1) is 31.5. The van der Waals surface area contributed by atoms with Gasteiger partial charge >= 0.3 is 29.9 Å². The van der Waals surface area contributed by atoms with Crippen molar-refractivity contribution in [2.24, 2.45) is 17.7 Å². The number of carbonyl (C=O) groups excluding carboxylic acids is 5. The van der Waals surface area contributed by atoms with Gasteiger partial charge in [-0.2, -0.15) is 0 Å². The van der Waals surface area contributed by atoms with Gasteiger partial charge in [0, 0.05) is 44.5 Å². The van der Waals surface area contributed by atoms with Gasteiger partial charge in [0.25, 0.3) is 5.91 Å². The van der Waals surface area contributed by atoms with Gasteiger partial charge in [-0.25, -0.2) is 25.2 Å². The van der Waals surface area contributed by atoms with E-state index >= 15 is 0 Å². The van der Waals surface area contributed by atoms with E-state index in [0.29, 0.717) is 31.5 Å². The summed E-state index contributed by atoms with van der Waals surface area (Å²) in [6.07, 6.45) is 2.49. The Kier molecular flexibility index (Phi) is 20.1. The fraction of sp³-hybridized carbons (Fsp3) is 0.455. The van der Waals surface area contributed by atoms with Crippen molar-refractivity contribution in [3.63, 3.8) is 0 Å². The molecule has 1 aliphatic carbocycles. The Balaban J connectivity index is 1.30. The molecular formula is C44H57N9O13. The standard InChI is InChI=1S/C44H57N9O13/c45-53-35-17-14-30(24-47-35)39(59)49-31(15-18-36(54)55)40(60)48-23-25-8-12-28(13-9-25)38(58)50-34(22-26-10-11-27-5-1-2-6-29(27)21-26)41(61)46-20-4-3-7-32(42(62)63)51-44(66)52-33(43(64)65)16-19-37(56)57/h1-2,5-6,10-11,14,17,21,24-25,28,31-34H,3-4,7-9,12-13,15-16,18-20,22-23,45H2,(H,46,61)(H,47,53)(H,48,60)(H,49,59)(H,50,58)(H,54,55)(H,56,57)(H,62,63)(H,64,65)(H2,51,52,66). The number of aliphatic carboxylic acids is 4. The summed E-state index contributed by atoms with van der Waals surface area (Å²) in [5.41, 5.74) is 3.29. The van der Waals surface area contributed by atoms with Crippen LogP contribution in [0, 0.1) is 11.8 Å². The number of hydrogen-bond donors (Lipinski definition) is 12. The van der Waals surface area contributed by atoms with Gasteiger partial charge in [-0.05, 0) is 92.2 Å². The maximum Gasteiger partial charge on any atom is 0.326 e. The molecule has 22 heteroatoms. The number of pyridine rings is 1. The highest BCUT2D eigenvalue weighted by Gasteiger charge is 2.31. The van der Waals surface area contributed by atoms with Crippen LogP contribution in [0.3, 0.4) is 0 Å². The Morgan fingerprint density at radius 1 is 0.652 bits per heavy atom. The molecule has 13 N–H and O–H groups in total. The summed E-state index contributed by atoms with van der Waals surface area (Å²) < 4.78 is 0. The summed E-state index contributed by atoms with van der Waals surface area (Å²) in [4.78, 5) is 115. The van der Waals surface area contributed by atoms with Crippen molar-refractivity contribution in [3.8, 4) is 0 Å². The lowest BCUT2D eigenvalue weighted by Gasteiger charge is -2.30. The maximum absolute atomic E-state index is 13.7. The number of hydrazine groups is 1. The van der Waals surface area contributed by atoms with Crippen LogP contribution in [-0.4, -0.2) is 116 Å². The zero-order chi connectivity index (χ0) is 48.2. The van der Waals surface area contributed by atoms with Crippen LogP contribution in [0.5, 0.6) is 0 Å². The predicted octanol–water partition coefficient (Wildman–Crippen LogP) is 1.49. The maximum atomic E-state index is 13.7. The third kappa shape index (κ3) is 17.0. The van der Waals surface area contributed by atoms with E-state index in [4.69, 9.17) is 10.9 Å². The highest BCUT2D eigenvalue weighted by molar-refractivity contribution is 5.97. The summed E-state index contributed by atoms with van der Waals surface area (Å²) in [7, 11) is 0. The van der Waals surface area contributed by atoms with Crippen LogP contribution >= 0.6 is 0 Å². The van der Waals surface area contributed by atoms with E-state index in [9.17, 15) is 58.5 Å². The van der Waals surface area contributed by atoms with Gasteiger partial charge < -0.3 is 57.8 Å². The van der Waals surface area contributed by atoms with Crippen LogP contribution in [-0.2, 0) is 40.0 Å². The van der Waals surface area contributed by atoms with E-state index < -0.39 is 90.6 Å². The van der Waals surface area contributed by atoms with E-state index in [-0.39, 0.29) is 69.0 Å². The number of aromatic nitrogens is 1. The molecule has 0 spiro atoms. The summed E-state index contributed by atoms with van der Waals surface area (Å²) >= 11 is 0. The zero-order valence-electron chi connectivity index (χ0n) is 36.1.